The molecule has 1 aliphatic heterocycles. The third-order valence-electron chi connectivity index (χ3n) is 3.21. The molecule has 0 aliphatic carbocycles. The molecule has 5 nitrogen and oxygen atoms in total. The number of thiazole rings is 1. The zero-order chi connectivity index (χ0) is 13.7. The summed E-state index contributed by atoms with van der Waals surface area (Å²) in [6, 6.07) is 0. The van der Waals surface area contributed by atoms with E-state index in [4.69, 9.17) is 0 Å². The van der Waals surface area contributed by atoms with Gasteiger partial charge >= 0.3 is 0 Å². The normalized spacial score (nSPS) is 16.6. The molecule has 0 bridgehead atoms. The van der Waals surface area contributed by atoms with Crippen LogP contribution in [0.3, 0.4) is 0 Å². The number of carbonyl (C=O) groups excluding carboxylic acids is 1. The van der Waals surface area contributed by atoms with Gasteiger partial charge in [-0.3, -0.25) is 9.69 Å². The highest BCUT2D eigenvalue weighted by Gasteiger charge is 2.23. The summed E-state index contributed by atoms with van der Waals surface area (Å²) in [5.41, 5.74) is 0.562. The molecule has 1 amide bonds. The molecule has 1 N–H and O–H groups in total. The number of amides is 1. The number of thioether (sulfide) groups is 1. The predicted molar refractivity (Wildman–Crippen MR) is 82.4 cm³/mol. The van der Waals surface area contributed by atoms with E-state index in [-0.39, 0.29) is 5.91 Å². The van der Waals surface area contributed by atoms with Gasteiger partial charge in [-0.15, -0.1) is 11.3 Å². The molecular weight excluding hydrogens is 280 g/mol. The molecule has 1 fully saturated rings. The van der Waals surface area contributed by atoms with E-state index in [0.29, 0.717) is 5.69 Å². The first-order valence-electron chi connectivity index (χ1n) is 6.38. The van der Waals surface area contributed by atoms with Crippen molar-refractivity contribution in [3.63, 3.8) is 0 Å². The minimum absolute atomic E-state index is 0.0577. The Labute approximate surface area is 122 Å². The van der Waals surface area contributed by atoms with Crippen LogP contribution < -0.4 is 5.32 Å². The molecule has 7 heteroatoms. The molecule has 19 heavy (non-hydrogen) atoms. The zero-order valence-electron chi connectivity index (χ0n) is 11.4. The van der Waals surface area contributed by atoms with Crippen molar-refractivity contribution in [1.82, 2.24) is 14.8 Å². The van der Waals surface area contributed by atoms with Crippen molar-refractivity contribution in [2.24, 2.45) is 0 Å². The Morgan fingerprint density at radius 3 is 2.79 bits per heavy atom. The van der Waals surface area contributed by atoms with E-state index < -0.39 is 0 Å². The van der Waals surface area contributed by atoms with Crippen molar-refractivity contribution in [3.05, 3.63) is 11.1 Å². The molecule has 106 valence electrons. The Bertz CT molecular complexity index is 416. The number of nitrogens with one attached hydrogen (secondary N) is 1. The van der Waals surface area contributed by atoms with Gasteiger partial charge in [-0.2, -0.15) is 11.8 Å². The lowest BCUT2D eigenvalue weighted by Gasteiger charge is -2.34. The predicted octanol–water partition coefficient (Wildman–Crippen LogP) is 1.31. The summed E-state index contributed by atoms with van der Waals surface area (Å²) >= 11 is 3.34. The summed E-state index contributed by atoms with van der Waals surface area (Å²) < 4.78 is 0. The number of nitrogens with zero attached hydrogens (tertiary/aromatic N) is 3. The molecule has 0 saturated carbocycles. The number of rotatable bonds is 5. The summed E-state index contributed by atoms with van der Waals surface area (Å²) in [6.07, 6.45) is 2.13. The average molecular weight is 300 g/mol. The van der Waals surface area contributed by atoms with E-state index in [2.05, 4.69) is 21.5 Å². The van der Waals surface area contributed by atoms with Crippen LogP contribution in [0.15, 0.2) is 5.38 Å². The third kappa shape index (κ3) is 3.84. The number of hydrogen-bond acceptors (Lipinski definition) is 6. The van der Waals surface area contributed by atoms with Crippen molar-refractivity contribution < 1.29 is 4.79 Å². The van der Waals surface area contributed by atoms with Gasteiger partial charge in [0.15, 0.2) is 5.13 Å². The van der Waals surface area contributed by atoms with Crippen molar-refractivity contribution in [2.45, 2.75) is 0 Å². The number of hydrogen-bond donors (Lipinski definition) is 1. The highest BCUT2D eigenvalue weighted by Crippen LogP contribution is 2.16. The second kappa shape index (κ2) is 7.12. The Kier molecular flexibility index (Phi) is 5.47. The van der Waals surface area contributed by atoms with Gasteiger partial charge in [0.25, 0.3) is 5.91 Å². The third-order valence-corrected chi connectivity index (χ3v) is 4.66. The Balaban J connectivity index is 1.85. The second-order valence-corrected chi connectivity index (χ2v) is 6.26. The Hall–Kier alpha value is -0.790. The topological polar surface area (TPSA) is 48.5 Å². The van der Waals surface area contributed by atoms with Gasteiger partial charge in [-0.25, -0.2) is 4.98 Å². The maximum atomic E-state index is 12.3. The van der Waals surface area contributed by atoms with Crippen LogP contribution in [-0.2, 0) is 0 Å². The summed E-state index contributed by atoms with van der Waals surface area (Å²) in [6.45, 7) is 4.66. The SMILES string of the molecule is CNc1nc(C(=O)N2CCN(CCSC)CC2)cs1. The van der Waals surface area contributed by atoms with Crippen molar-refractivity contribution in [2.75, 3.05) is 57.1 Å². The van der Waals surface area contributed by atoms with Crippen LogP contribution in [0.5, 0.6) is 0 Å². The van der Waals surface area contributed by atoms with Crippen molar-refractivity contribution in [1.29, 1.82) is 0 Å². The molecular formula is C12H20N4OS2. The van der Waals surface area contributed by atoms with E-state index in [1.54, 1.807) is 0 Å². The molecule has 2 heterocycles. The van der Waals surface area contributed by atoms with Gasteiger partial charge < -0.3 is 10.2 Å². The zero-order valence-corrected chi connectivity index (χ0v) is 13.0. The van der Waals surface area contributed by atoms with Gasteiger partial charge in [-0.1, -0.05) is 0 Å². The Morgan fingerprint density at radius 1 is 1.47 bits per heavy atom. The molecule has 1 aromatic rings. The highest BCUT2D eigenvalue weighted by atomic mass is 32.2. The number of aromatic nitrogens is 1. The standard InChI is InChI=1S/C12H20N4OS2/c1-13-12-14-10(9-19-12)11(17)16-5-3-15(4-6-16)7-8-18-2/h9H,3-8H2,1-2H3,(H,13,14). The fraction of sp³-hybridized carbons (Fsp3) is 0.667. The van der Waals surface area contributed by atoms with Crippen LogP contribution in [0.2, 0.25) is 0 Å². The molecule has 0 unspecified atom stereocenters. The molecule has 0 atom stereocenters. The molecule has 0 spiro atoms. The van der Waals surface area contributed by atoms with E-state index in [0.717, 1.165) is 43.6 Å². The number of anilines is 1. The van der Waals surface area contributed by atoms with Gasteiger partial charge in [0.05, 0.1) is 0 Å². The number of piperazine rings is 1. The van der Waals surface area contributed by atoms with Crippen LogP contribution in [0, 0.1) is 0 Å². The first-order chi connectivity index (χ1) is 9.24. The van der Waals surface area contributed by atoms with Crippen LogP contribution in [0.25, 0.3) is 0 Å². The molecule has 0 aromatic carbocycles. The van der Waals surface area contributed by atoms with E-state index >= 15 is 0 Å². The van der Waals surface area contributed by atoms with Crippen molar-refractivity contribution in [3.8, 4) is 0 Å². The molecule has 1 aromatic heterocycles. The van der Waals surface area contributed by atoms with Crippen LogP contribution in [0.4, 0.5) is 5.13 Å². The van der Waals surface area contributed by atoms with Gasteiger partial charge in [0.2, 0.25) is 0 Å². The minimum Gasteiger partial charge on any atom is -0.365 e. The fourth-order valence-electron chi connectivity index (χ4n) is 2.04. The Morgan fingerprint density at radius 2 is 2.21 bits per heavy atom. The quantitative estimate of drug-likeness (QED) is 0.888. The fourth-order valence-corrected chi connectivity index (χ4v) is 3.13. The first kappa shape index (κ1) is 14.6. The lowest BCUT2D eigenvalue weighted by atomic mass is 10.3. The summed E-state index contributed by atoms with van der Waals surface area (Å²) in [5, 5.41) is 5.58. The van der Waals surface area contributed by atoms with E-state index in [1.165, 1.54) is 11.3 Å². The summed E-state index contributed by atoms with van der Waals surface area (Å²) in [4.78, 5) is 20.9. The average Bonchev–Trinajstić information content (AvgIpc) is 2.94. The van der Waals surface area contributed by atoms with Crippen LogP contribution in [-0.4, -0.2) is 72.5 Å². The molecule has 1 aliphatic rings. The van der Waals surface area contributed by atoms with E-state index in [9.17, 15) is 4.79 Å². The summed E-state index contributed by atoms with van der Waals surface area (Å²) in [5.74, 6) is 1.22. The first-order valence-corrected chi connectivity index (χ1v) is 8.66. The monoisotopic (exact) mass is 300 g/mol. The lowest BCUT2D eigenvalue weighted by molar-refractivity contribution is 0.0640. The van der Waals surface area contributed by atoms with Crippen LogP contribution >= 0.6 is 23.1 Å². The van der Waals surface area contributed by atoms with Gasteiger partial charge in [-0.05, 0) is 6.26 Å². The second-order valence-electron chi connectivity index (χ2n) is 4.41. The van der Waals surface area contributed by atoms with Gasteiger partial charge in [0, 0.05) is 50.9 Å². The highest BCUT2D eigenvalue weighted by molar-refractivity contribution is 7.98. The lowest BCUT2D eigenvalue weighted by Crippen LogP contribution is -2.49. The molecule has 0 radical (unpaired) electrons. The van der Waals surface area contributed by atoms with E-state index in [1.807, 2.05) is 29.1 Å². The summed E-state index contributed by atoms with van der Waals surface area (Å²) in [7, 11) is 1.82. The molecule has 2 rings (SSSR count). The smallest absolute Gasteiger partial charge is 0.273 e. The maximum Gasteiger partial charge on any atom is 0.273 e. The minimum atomic E-state index is 0.0577. The van der Waals surface area contributed by atoms with Crippen molar-refractivity contribution >= 4 is 34.1 Å². The molecule has 1 saturated heterocycles. The van der Waals surface area contributed by atoms with Gasteiger partial charge in [0.1, 0.15) is 5.69 Å². The van der Waals surface area contributed by atoms with Crippen LogP contribution in [0.1, 0.15) is 10.5 Å². The number of carbonyl (C=O) groups is 1. The maximum absolute atomic E-state index is 12.3. The largest absolute Gasteiger partial charge is 0.365 e.